The molecule has 2 heterocycles. The normalized spacial score (nSPS) is 10.8. The average Bonchev–Trinajstić information content (AvgIpc) is 2.82. The molecule has 3 rings (SSSR count). The molecule has 21 heavy (non-hydrogen) atoms. The zero-order valence-corrected chi connectivity index (χ0v) is 13.0. The van der Waals surface area contributed by atoms with Crippen LogP contribution in [0.1, 0.15) is 0 Å². The third-order valence-corrected chi connectivity index (χ3v) is 3.76. The van der Waals surface area contributed by atoms with Crippen LogP contribution in [0.3, 0.4) is 0 Å². The molecule has 0 aliphatic carbocycles. The van der Waals surface area contributed by atoms with E-state index in [1.54, 1.807) is 38.7 Å². The highest BCUT2D eigenvalue weighted by Crippen LogP contribution is 2.36. The zero-order chi connectivity index (χ0) is 15.0. The number of nitrogens with one attached hydrogen (secondary N) is 1. The summed E-state index contributed by atoms with van der Waals surface area (Å²) in [5, 5.41) is 0.478. The number of rotatable bonds is 3. The van der Waals surface area contributed by atoms with Gasteiger partial charge in [-0.2, -0.15) is 0 Å². The van der Waals surface area contributed by atoms with E-state index in [2.05, 4.69) is 9.97 Å². The largest absolute Gasteiger partial charge is 0.495 e. The highest BCUT2D eigenvalue weighted by atomic mass is 35.5. The predicted octanol–water partition coefficient (Wildman–Crippen LogP) is 3.75. The van der Waals surface area contributed by atoms with Gasteiger partial charge < -0.3 is 14.5 Å². The minimum Gasteiger partial charge on any atom is -0.495 e. The monoisotopic (exact) mass is 321 g/mol. The summed E-state index contributed by atoms with van der Waals surface area (Å²) >= 11 is 11.5. The summed E-state index contributed by atoms with van der Waals surface area (Å²) in [6.45, 7) is 0. The lowest BCUT2D eigenvalue weighted by Crippen LogP contribution is -1.99. The van der Waals surface area contributed by atoms with Crippen LogP contribution in [0.25, 0.3) is 16.7 Å². The van der Waals surface area contributed by atoms with Crippen LogP contribution in [-0.2, 0) is 0 Å². The first-order chi connectivity index (χ1) is 10.2. The summed E-state index contributed by atoms with van der Waals surface area (Å²) in [4.78, 5) is 7.20. The van der Waals surface area contributed by atoms with Crippen molar-refractivity contribution < 1.29 is 9.47 Å². The molecule has 0 atom stereocenters. The van der Waals surface area contributed by atoms with Gasteiger partial charge in [0.1, 0.15) is 11.5 Å². The molecule has 5 nitrogen and oxygen atoms in total. The van der Waals surface area contributed by atoms with Gasteiger partial charge in [0, 0.05) is 18.3 Å². The lowest BCUT2D eigenvalue weighted by molar-refractivity contribution is 0.402. The number of hydrogen-bond donors (Lipinski definition) is 1. The van der Waals surface area contributed by atoms with Crippen molar-refractivity contribution in [1.29, 1.82) is 0 Å². The van der Waals surface area contributed by atoms with Gasteiger partial charge in [0.25, 0.3) is 0 Å². The second-order valence-corrected chi connectivity index (χ2v) is 5.11. The van der Waals surface area contributed by atoms with Crippen molar-refractivity contribution in [3.05, 3.63) is 40.4 Å². The van der Waals surface area contributed by atoms with E-state index in [-0.39, 0.29) is 0 Å². The molecule has 3 aromatic rings. The summed E-state index contributed by atoms with van der Waals surface area (Å²) in [7, 11) is 3.15. The Morgan fingerprint density at radius 3 is 2.71 bits per heavy atom. The Hall–Kier alpha value is -2.05. The summed E-state index contributed by atoms with van der Waals surface area (Å²) in [6, 6.07) is 5.38. The number of halogens is 1. The zero-order valence-electron chi connectivity index (χ0n) is 11.4. The number of nitrogens with zero attached hydrogens (tertiary/aromatic N) is 2. The van der Waals surface area contributed by atoms with Crippen molar-refractivity contribution in [3.63, 3.8) is 0 Å². The van der Waals surface area contributed by atoms with Gasteiger partial charge in [-0.1, -0.05) is 11.6 Å². The molecule has 0 saturated carbocycles. The maximum absolute atomic E-state index is 6.14. The van der Waals surface area contributed by atoms with Crippen LogP contribution in [-0.4, -0.2) is 28.8 Å². The Balaban J connectivity index is 2.37. The number of aromatic nitrogens is 3. The SMILES string of the molecule is COc1cc(-n2c(=S)[nH]c3cnccc32)c(OC)cc1Cl. The van der Waals surface area contributed by atoms with Crippen LogP contribution in [0.4, 0.5) is 0 Å². The molecule has 0 spiro atoms. The highest BCUT2D eigenvalue weighted by Gasteiger charge is 2.15. The first-order valence-corrected chi connectivity index (χ1v) is 6.91. The second-order valence-electron chi connectivity index (χ2n) is 4.32. The lowest BCUT2D eigenvalue weighted by atomic mass is 10.2. The molecular formula is C14H12ClN3O2S. The molecule has 7 heteroatoms. The van der Waals surface area contributed by atoms with Crippen LogP contribution in [0.15, 0.2) is 30.6 Å². The summed E-state index contributed by atoms with van der Waals surface area (Å²) in [5.41, 5.74) is 2.50. The molecule has 0 amide bonds. The summed E-state index contributed by atoms with van der Waals surface area (Å²) in [5.74, 6) is 1.16. The van der Waals surface area contributed by atoms with Gasteiger partial charge in [-0.3, -0.25) is 9.55 Å². The first kappa shape index (κ1) is 13.9. The molecule has 0 fully saturated rings. The number of H-pyrrole nitrogens is 1. The van der Waals surface area contributed by atoms with Gasteiger partial charge in [-0.05, 0) is 18.3 Å². The fourth-order valence-electron chi connectivity index (χ4n) is 2.22. The molecule has 1 aromatic carbocycles. The molecule has 0 aliphatic heterocycles. The maximum atomic E-state index is 6.14. The third kappa shape index (κ3) is 2.26. The van der Waals surface area contributed by atoms with Crippen molar-refractivity contribution in [2.45, 2.75) is 0 Å². The number of ether oxygens (including phenoxy) is 2. The number of hydrogen-bond acceptors (Lipinski definition) is 4. The Morgan fingerprint density at radius 1 is 1.24 bits per heavy atom. The predicted molar refractivity (Wildman–Crippen MR) is 84.4 cm³/mol. The topological polar surface area (TPSA) is 52.1 Å². The van der Waals surface area contributed by atoms with Gasteiger partial charge in [-0.15, -0.1) is 0 Å². The molecule has 0 saturated heterocycles. The number of aromatic amines is 1. The Kier molecular flexibility index (Phi) is 3.57. The molecule has 0 radical (unpaired) electrons. The number of fused-ring (bicyclic) bond motifs is 1. The first-order valence-electron chi connectivity index (χ1n) is 6.12. The Labute approximate surface area is 131 Å². The number of benzene rings is 1. The number of imidazole rings is 1. The van der Waals surface area contributed by atoms with E-state index in [1.165, 1.54) is 0 Å². The fourth-order valence-corrected chi connectivity index (χ4v) is 2.75. The number of methoxy groups -OCH3 is 2. The van der Waals surface area contributed by atoms with Crippen molar-refractivity contribution >= 4 is 34.9 Å². The van der Waals surface area contributed by atoms with Gasteiger partial charge >= 0.3 is 0 Å². The molecule has 2 aromatic heterocycles. The standard InChI is InChI=1S/C14H12ClN3O2S/c1-19-12-6-11(13(20-2)5-8(12)15)18-10-3-4-16-7-9(10)17-14(18)21/h3-7H,1-2H3,(H,17,21). The van der Waals surface area contributed by atoms with Gasteiger partial charge in [0.15, 0.2) is 4.77 Å². The molecular weight excluding hydrogens is 310 g/mol. The van der Waals surface area contributed by atoms with Crippen LogP contribution < -0.4 is 9.47 Å². The van der Waals surface area contributed by atoms with Gasteiger partial charge in [-0.25, -0.2) is 0 Å². The second kappa shape index (κ2) is 5.38. The fraction of sp³-hybridized carbons (Fsp3) is 0.143. The Morgan fingerprint density at radius 2 is 2.00 bits per heavy atom. The summed E-state index contributed by atoms with van der Waals surface area (Å²) in [6.07, 6.45) is 3.43. The van der Waals surface area contributed by atoms with E-state index in [4.69, 9.17) is 33.3 Å². The lowest BCUT2D eigenvalue weighted by Gasteiger charge is -2.13. The third-order valence-electron chi connectivity index (χ3n) is 3.18. The smallest absolute Gasteiger partial charge is 0.182 e. The van der Waals surface area contributed by atoms with Crippen molar-refractivity contribution in [2.24, 2.45) is 0 Å². The Bertz CT molecular complexity index is 872. The van der Waals surface area contributed by atoms with Crippen LogP contribution in [0, 0.1) is 4.77 Å². The van der Waals surface area contributed by atoms with E-state index in [9.17, 15) is 0 Å². The van der Waals surface area contributed by atoms with Crippen LogP contribution >= 0.6 is 23.8 Å². The van der Waals surface area contributed by atoms with Gasteiger partial charge in [0.2, 0.25) is 0 Å². The van der Waals surface area contributed by atoms with Crippen molar-refractivity contribution in [3.8, 4) is 17.2 Å². The average molecular weight is 322 g/mol. The van der Waals surface area contributed by atoms with Gasteiger partial charge in [0.05, 0.1) is 42.2 Å². The quantitative estimate of drug-likeness (QED) is 0.746. The van der Waals surface area contributed by atoms with E-state index in [1.807, 2.05) is 10.6 Å². The van der Waals surface area contributed by atoms with E-state index >= 15 is 0 Å². The minimum atomic E-state index is 0.478. The molecule has 0 bridgehead atoms. The molecule has 108 valence electrons. The molecule has 0 aliphatic rings. The van der Waals surface area contributed by atoms with Crippen molar-refractivity contribution in [1.82, 2.24) is 14.5 Å². The van der Waals surface area contributed by atoms with Crippen LogP contribution in [0.5, 0.6) is 11.5 Å². The maximum Gasteiger partial charge on any atom is 0.182 e. The number of pyridine rings is 1. The van der Waals surface area contributed by atoms with Crippen molar-refractivity contribution in [2.75, 3.05) is 14.2 Å². The minimum absolute atomic E-state index is 0.478. The van der Waals surface area contributed by atoms with Crippen LogP contribution in [0.2, 0.25) is 5.02 Å². The molecule has 0 unspecified atom stereocenters. The molecule has 1 N–H and O–H groups in total. The van der Waals surface area contributed by atoms with E-state index in [0.717, 1.165) is 16.7 Å². The summed E-state index contributed by atoms with van der Waals surface area (Å²) < 4.78 is 13.1. The van der Waals surface area contributed by atoms with E-state index < -0.39 is 0 Å². The van der Waals surface area contributed by atoms with E-state index in [0.29, 0.717) is 21.3 Å². The highest BCUT2D eigenvalue weighted by molar-refractivity contribution is 7.71.